The Bertz CT molecular complexity index is 1090. The van der Waals surface area contributed by atoms with Crippen molar-refractivity contribution in [1.82, 2.24) is 24.0 Å². The normalized spacial score (nSPS) is 14.5. The number of hydrogen-bond donors (Lipinski definition) is 0. The molecule has 7 nitrogen and oxygen atoms in total. The van der Waals surface area contributed by atoms with Gasteiger partial charge < -0.3 is 4.90 Å². The van der Waals surface area contributed by atoms with Gasteiger partial charge in [-0.2, -0.15) is 0 Å². The van der Waals surface area contributed by atoms with E-state index in [0.717, 1.165) is 18.4 Å². The van der Waals surface area contributed by atoms with Crippen molar-refractivity contribution in [1.29, 1.82) is 0 Å². The Balaban J connectivity index is 1.70. The highest BCUT2D eigenvalue weighted by Gasteiger charge is 2.25. The van der Waals surface area contributed by atoms with Crippen molar-refractivity contribution in [3.05, 3.63) is 57.9 Å². The van der Waals surface area contributed by atoms with Crippen LogP contribution in [0.25, 0.3) is 23.3 Å². The van der Waals surface area contributed by atoms with E-state index >= 15 is 0 Å². The highest BCUT2D eigenvalue weighted by atomic mass is 16.2. The number of benzene rings is 1. The summed E-state index contributed by atoms with van der Waals surface area (Å²) in [6, 6.07) is 7.82. The number of fused-ring (bicyclic) bond motifs is 1. The van der Waals surface area contributed by atoms with Gasteiger partial charge in [0.15, 0.2) is 11.5 Å². The van der Waals surface area contributed by atoms with Gasteiger partial charge in [-0.25, -0.2) is 24.1 Å². The lowest BCUT2D eigenvalue weighted by Crippen LogP contribution is -2.38. The zero-order valence-electron chi connectivity index (χ0n) is 15.4. The quantitative estimate of drug-likeness (QED) is 0.702. The fraction of sp³-hybridized carbons (Fsp3) is 0.300. The molecule has 4 rings (SSSR count). The first kappa shape index (κ1) is 17.2. The van der Waals surface area contributed by atoms with Crippen LogP contribution < -0.4 is 5.69 Å². The lowest BCUT2D eigenvalue weighted by atomic mass is 10.1. The molecule has 1 saturated heterocycles. The summed E-state index contributed by atoms with van der Waals surface area (Å²) in [6.07, 6.45) is 7.21. The molecule has 1 aromatic carbocycles. The molecule has 0 unspecified atom stereocenters. The van der Waals surface area contributed by atoms with Crippen molar-refractivity contribution >= 4 is 29.3 Å². The second-order valence-corrected chi connectivity index (χ2v) is 6.83. The van der Waals surface area contributed by atoms with Crippen LogP contribution in [0.3, 0.4) is 0 Å². The predicted molar refractivity (Wildman–Crippen MR) is 104 cm³/mol. The van der Waals surface area contributed by atoms with E-state index in [1.807, 2.05) is 37.3 Å². The third-order valence-corrected chi connectivity index (χ3v) is 4.88. The molecule has 0 atom stereocenters. The fourth-order valence-corrected chi connectivity index (χ4v) is 3.29. The van der Waals surface area contributed by atoms with Crippen LogP contribution in [0.2, 0.25) is 0 Å². The van der Waals surface area contributed by atoms with Crippen LogP contribution in [0, 0.1) is 6.92 Å². The molecule has 7 heteroatoms. The number of carbonyl (C=O) groups excluding carboxylic acids is 1. The van der Waals surface area contributed by atoms with Crippen LogP contribution in [0.4, 0.5) is 4.79 Å². The van der Waals surface area contributed by atoms with Gasteiger partial charge in [-0.3, -0.25) is 4.57 Å². The first-order valence-corrected chi connectivity index (χ1v) is 9.03. The molecule has 0 N–H and O–H groups in total. The summed E-state index contributed by atoms with van der Waals surface area (Å²) in [5.41, 5.74) is 2.73. The number of hydrogen-bond acceptors (Lipinski definition) is 4. The summed E-state index contributed by atoms with van der Waals surface area (Å²) in [7, 11) is 1.62. The molecule has 138 valence electrons. The third-order valence-electron chi connectivity index (χ3n) is 4.88. The van der Waals surface area contributed by atoms with E-state index < -0.39 is 5.69 Å². The second-order valence-electron chi connectivity index (χ2n) is 6.83. The molecular weight excluding hydrogens is 342 g/mol. The molecule has 0 spiro atoms. The van der Waals surface area contributed by atoms with Crippen LogP contribution >= 0.6 is 0 Å². The van der Waals surface area contributed by atoms with Crippen LogP contribution in [-0.2, 0) is 7.05 Å². The van der Waals surface area contributed by atoms with Gasteiger partial charge in [0.25, 0.3) is 0 Å². The van der Waals surface area contributed by atoms with E-state index in [-0.39, 0.29) is 6.03 Å². The zero-order valence-corrected chi connectivity index (χ0v) is 15.4. The van der Waals surface area contributed by atoms with Crippen molar-refractivity contribution in [2.75, 3.05) is 13.1 Å². The fourth-order valence-electron chi connectivity index (χ4n) is 3.29. The molecule has 27 heavy (non-hydrogen) atoms. The maximum atomic E-state index is 12.7. The van der Waals surface area contributed by atoms with Crippen LogP contribution in [-0.4, -0.2) is 43.1 Å². The summed E-state index contributed by atoms with van der Waals surface area (Å²) >= 11 is 0. The highest BCUT2D eigenvalue weighted by molar-refractivity contribution is 5.88. The molecule has 1 aliphatic heterocycles. The molecule has 1 fully saturated rings. The van der Waals surface area contributed by atoms with Crippen molar-refractivity contribution < 1.29 is 4.79 Å². The van der Waals surface area contributed by atoms with E-state index in [4.69, 9.17) is 0 Å². The van der Waals surface area contributed by atoms with Crippen molar-refractivity contribution in [2.45, 2.75) is 19.8 Å². The Kier molecular flexibility index (Phi) is 4.35. The number of nitrogens with zero attached hydrogens (tertiary/aromatic N) is 5. The van der Waals surface area contributed by atoms with Crippen molar-refractivity contribution in [3.8, 4) is 0 Å². The number of carbonyl (C=O) groups is 1. The first-order valence-electron chi connectivity index (χ1n) is 9.03. The van der Waals surface area contributed by atoms with Gasteiger partial charge in [0.2, 0.25) is 0 Å². The first-order chi connectivity index (χ1) is 13.0. The SMILES string of the molecule is Cc1ccc(/C=C/c2ncc3c(n2)n(C)c(=O)n3C(=O)N2CCCC2)cc1. The van der Waals surface area contributed by atoms with E-state index in [1.165, 1.54) is 14.7 Å². The number of amides is 1. The number of likely N-dealkylation sites (tertiary alicyclic amines) is 1. The number of imidazole rings is 1. The second kappa shape index (κ2) is 6.83. The van der Waals surface area contributed by atoms with Gasteiger partial charge in [0.05, 0.1) is 6.20 Å². The van der Waals surface area contributed by atoms with Crippen LogP contribution in [0.5, 0.6) is 0 Å². The summed E-state index contributed by atoms with van der Waals surface area (Å²) in [4.78, 5) is 35.8. The van der Waals surface area contributed by atoms with Gasteiger partial charge >= 0.3 is 11.7 Å². The van der Waals surface area contributed by atoms with E-state index in [1.54, 1.807) is 24.2 Å². The Morgan fingerprint density at radius 2 is 1.81 bits per heavy atom. The molecular formula is C20H21N5O2. The van der Waals surface area contributed by atoms with Gasteiger partial charge in [-0.1, -0.05) is 35.9 Å². The van der Waals surface area contributed by atoms with E-state index in [9.17, 15) is 9.59 Å². The van der Waals surface area contributed by atoms with E-state index in [2.05, 4.69) is 9.97 Å². The maximum Gasteiger partial charge on any atom is 0.338 e. The minimum absolute atomic E-state index is 0.297. The smallest absolute Gasteiger partial charge is 0.324 e. The largest absolute Gasteiger partial charge is 0.338 e. The van der Waals surface area contributed by atoms with Gasteiger partial charge in [-0.05, 0) is 31.4 Å². The Morgan fingerprint density at radius 1 is 1.11 bits per heavy atom. The molecule has 0 bridgehead atoms. The minimum Gasteiger partial charge on any atom is -0.324 e. The molecule has 2 aromatic heterocycles. The molecule has 1 aliphatic rings. The molecule has 0 saturated carbocycles. The molecule has 1 amide bonds. The maximum absolute atomic E-state index is 12.7. The van der Waals surface area contributed by atoms with Gasteiger partial charge in [0.1, 0.15) is 5.52 Å². The number of aryl methyl sites for hydroxylation is 2. The number of rotatable bonds is 2. The minimum atomic E-state index is -0.393. The van der Waals surface area contributed by atoms with Gasteiger partial charge in [0, 0.05) is 20.1 Å². The number of aromatic nitrogens is 4. The molecule has 0 radical (unpaired) electrons. The van der Waals surface area contributed by atoms with Gasteiger partial charge in [-0.15, -0.1) is 0 Å². The monoisotopic (exact) mass is 363 g/mol. The van der Waals surface area contributed by atoms with Crippen molar-refractivity contribution in [2.24, 2.45) is 7.05 Å². The van der Waals surface area contributed by atoms with Crippen molar-refractivity contribution in [3.63, 3.8) is 0 Å². The summed E-state index contributed by atoms with van der Waals surface area (Å²) < 4.78 is 2.57. The van der Waals surface area contributed by atoms with Crippen LogP contribution in [0.1, 0.15) is 29.8 Å². The Labute approximate surface area is 156 Å². The molecule has 3 aromatic rings. The molecule has 3 heterocycles. The average Bonchev–Trinajstić information content (AvgIpc) is 3.29. The summed E-state index contributed by atoms with van der Waals surface area (Å²) in [5, 5.41) is 0. The standard InChI is InChI=1S/C20H21N5O2/c1-14-5-7-15(8-6-14)9-10-17-21-13-16-18(22-17)23(2)19(26)25(16)20(27)24-11-3-4-12-24/h5-10,13H,3-4,11-12H2,1-2H3/b10-9+. The summed E-state index contributed by atoms with van der Waals surface area (Å²) in [6.45, 7) is 3.40. The molecule has 0 aliphatic carbocycles. The Morgan fingerprint density at radius 3 is 2.52 bits per heavy atom. The highest BCUT2D eigenvalue weighted by Crippen LogP contribution is 2.15. The Hall–Kier alpha value is -3.22. The lowest BCUT2D eigenvalue weighted by Gasteiger charge is -2.14. The van der Waals surface area contributed by atoms with E-state index in [0.29, 0.717) is 30.1 Å². The predicted octanol–water partition coefficient (Wildman–Crippen LogP) is 2.67. The third kappa shape index (κ3) is 3.16. The lowest BCUT2D eigenvalue weighted by molar-refractivity contribution is 0.210. The zero-order chi connectivity index (χ0) is 19.0. The topological polar surface area (TPSA) is 73.0 Å². The van der Waals surface area contributed by atoms with Crippen LogP contribution in [0.15, 0.2) is 35.3 Å². The average molecular weight is 363 g/mol. The summed E-state index contributed by atoms with van der Waals surface area (Å²) in [5.74, 6) is 0.490.